The number of aromatic nitrogens is 1. The van der Waals surface area contributed by atoms with Crippen molar-refractivity contribution >= 4 is 0 Å². The molecular weight excluding hydrogens is 255 g/mol. The number of nitrogens with zero attached hydrogens (tertiary/aromatic N) is 1. The summed E-state index contributed by atoms with van der Waals surface area (Å²) in [6.45, 7) is 0.561. The highest BCUT2D eigenvalue weighted by atomic mass is 19.4. The third-order valence-electron chi connectivity index (χ3n) is 3.08. The molecule has 0 saturated heterocycles. The normalized spacial score (nSPS) is 14.1. The molecule has 0 radical (unpaired) electrons. The van der Waals surface area contributed by atoms with E-state index in [0.717, 1.165) is 24.1 Å². The summed E-state index contributed by atoms with van der Waals surface area (Å²) in [5.74, 6) is 0.648. The van der Waals surface area contributed by atoms with Crippen LogP contribution < -0.4 is 4.74 Å². The van der Waals surface area contributed by atoms with Crippen molar-refractivity contribution in [2.45, 2.75) is 12.6 Å². The second-order valence-electron chi connectivity index (χ2n) is 4.32. The van der Waals surface area contributed by atoms with Crippen LogP contribution in [0, 0.1) is 0 Å². The molecule has 98 valence electrons. The Hall–Kier alpha value is -2.04. The minimum absolute atomic E-state index is 0.286. The second-order valence-corrected chi connectivity index (χ2v) is 4.32. The van der Waals surface area contributed by atoms with Gasteiger partial charge >= 0.3 is 6.18 Å². The third-order valence-corrected chi connectivity index (χ3v) is 3.08. The molecule has 0 bridgehead atoms. The lowest BCUT2D eigenvalue weighted by molar-refractivity contribution is -0.137. The van der Waals surface area contributed by atoms with Crippen LogP contribution in [-0.4, -0.2) is 11.6 Å². The summed E-state index contributed by atoms with van der Waals surface area (Å²) in [5.41, 5.74) is 1.21. The Bertz CT molecular complexity index is 622. The number of halogens is 3. The van der Waals surface area contributed by atoms with Crippen LogP contribution >= 0.6 is 0 Å². The van der Waals surface area contributed by atoms with Gasteiger partial charge in [0.15, 0.2) is 0 Å². The summed E-state index contributed by atoms with van der Waals surface area (Å²) >= 11 is 0. The average molecular weight is 265 g/mol. The molecule has 2 heterocycles. The fourth-order valence-electron chi connectivity index (χ4n) is 2.17. The maximum Gasteiger partial charge on any atom is 0.416 e. The van der Waals surface area contributed by atoms with Crippen LogP contribution in [0.2, 0.25) is 0 Å². The minimum atomic E-state index is -4.36. The Morgan fingerprint density at radius 3 is 2.79 bits per heavy atom. The number of hydrogen-bond donors (Lipinski definition) is 0. The number of hydrogen-bond acceptors (Lipinski definition) is 2. The van der Waals surface area contributed by atoms with Gasteiger partial charge in [0.25, 0.3) is 0 Å². The van der Waals surface area contributed by atoms with Crippen LogP contribution in [0.4, 0.5) is 13.2 Å². The Morgan fingerprint density at radius 1 is 1.16 bits per heavy atom. The molecule has 1 aromatic carbocycles. The molecule has 0 spiro atoms. The van der Waals surface area contributed by atoms with E-state index in [2.05, 4.69) is 4.98 Å². The van der Waals surface area contributed by atoms with E-state index in [1.54, 1.807) is 6.07 Å². The van der Waals surface area contributed by atoms with Gasteiger partial charge in [-0.15, -0.1) is 0 Å². The van der Waals surface area contributed by atoms with Crippen molar-refractivity contribution < 1.29 is 17.9 Å². The van der Waals surface area contributed by atoms with Gasteiger partial charge in [0.1, 0.15) is 5.75 Å². The number of alkyl halides is 3. The highest BCUT2D eigenvalue weighted by molar-refractivity contribution is 5.70. The van der Waals surface area contributed by atoms with E-state index >= 15 is 0 Å². The molecule has 3 rings (SSSR count). The number of benzene rings is 1. The first kappa shape index (κ1) is 12.0. The van der Waals surface area contributed by atoms with Gasteiger partial charge in [0.2, 0.25) is 0 Å². The Labute approximate surface area is 107 Å². The minimum Gasteiger partial charge on any atom is -0.492 e. The fourth-order valence-corrected chi connectivity index (χ4v) is 2.17. The first-order chi connectivity index (χ1) is 9.05. The molecule has 0 atom stereocenters. The van der Waals surface area contributed by atoms with Gasteiger partial charge in [-0.2, -0.15) is 13.2 Å². The quantitative estimate of drug-likeness (QED) is 0.784. The highest BCUT2D eigenvalue weighted by Crippen LogP contribution is 2.37. The number of ether oxygens (including phenoxy) is 1. The summed E-state index contributed by atoms with van der Waals surface area (Å²) in [7, 11) is 0. The summed E-state index contributed by atoms with van der Waals surface area (Å²) in [5, 5.41) is 0. The van der Waals surface area contributed by atoms with Gasteiger partial charge in [-0.25, -0.2) is 0 Å². The van der Waals surface area contributed by atoms with Crippen molar-refractivity contribution in [1.29, 1.82) is 0 Å². The number of fused-ring (bicyclic) bond motifs is 1. The highest BCUT2D eigenvalue weighted by Gasteiger charge is 2.31. The molecular formula is C14H10F3NO. The molecule has 1 aliphatic heterocycles. The first-order valence-electron chi connectivity index (χ1n) is 5.84. The Balaban J connectivity index is 2.11. The molecule has 19 heavy (non-hydrogen) atoms. The van der Waals surface area contributed by atoms with E-state index in [1.165, 1.54) is 6.20 Å². The van der Waals surface area contributed by atoms with Crippen molar-refractivity contribution in [2.75, 3.05) is 6.61 Å². The molecule has 2 aromatic rings. The van der Waals surface area contributed by atoms with Crippen molar-refractivity contribution in [2.24, 2.45) is 0 Å². The molecule has 1 aromatic heterocycles. The molecule has 0 aliphatic carbocycles. The van der Waals surface area contributed by atoms with Crippen LogP contribution in [0.15, 0.2) is 36.5 Å². The lowest BCUT2D eigenvalue weighted by Crippen LogP contribution is -2.05. The first-order valence-corrected chi connectivity index (χ1v) is 5.84. The summed E-state index contributed by atoms with van der Waals surface area (Å²) in [4.78, 5) is 4.02. The zero-order valence-electron chi connectivity index (χ0n) is 9.87. The van der Waals surface area contributed by atoms with Crippen molar-refractivity contribution in [3.63, 3.8) is 0 Å². The summed E-state index contributed by atoms with van der Waals surface area (Å²) in [6, 6.07) is 7.47. The zero-order chi connectivity index (χ0) is 13.5. The van der Waals surface area contributed by atoms with Crippen molar-refractivity contribution in [1.82, 2.24) is 4.98 Å². The molecule has 1 aliphatic rings. The number of para-hydroxylation sites is 1. The van der Waals surface area contributed by atoms with Gasteiger partial charge in [-0.1, -0.05) is 12.1 Å². The maximum atomic E-state index is 12.7. The lowest BCUT2D eigenvalue weighted by Gasteiger charge is -2.10. The van der Waals surface area contributed by atoms with E-state index in [9.17, 15) is 13.2 Å². The van der Waals surface area contributed by atoms with Gasteiger partial charge in [0, 0.05) is 18.2 Å². The Morgan fingerprint density at radius 2 is 2.00 bits per heavy atom. The summed E-state index contributed by atoms with van der Waals surface area (Å²) in [6.07, 6.45) is -2.41. The SMILES string of the molecule is FC(F)(F)c1ccnc(-c2cccc3c2OCC3)c1. The van der Waals surface area contributed by atoms with Crippen molar-refractivity contribution in [3.8, 4) is 17.0 Å². The third kappa shape index (κ3) is 2.16. The molecule has 0 N–H and O–H groups in total. The van der Waals surface area contributed by atoms with Crippen LogP contribution in [0.5, 0.6) is 5.75 Å². The average Bonchev–Trinajstić information content (AvgIpc) is 2.86. The van der Waals surface area contributed by atoms with Gasteiger partial charge in [0.05, 0.1) is 17.9 Å². The van der Waals surface area contributed by atoms with Crippen LogP contribution in [0.3, 0.4) is 0 Å². The standard InChI is InChI=1S/C14H10F3NO/c15-14(16,17)10-4-6-18-12(8-10)11-3-1-2-9-5-7-19-13(9)11/h1-4,6,8H,5,7H2. The Kier molecular flexibility index (Phi) is 2.69. The van der Waals surface area contributed by atoms with Crippen molar-refractivity contribution in [3.05, 3.63) is 47.7 Å². The van der Waals surface area contributed by atoms with E-state index < -0.39 is 11.7 Å². The van der Waals surface area contributed by atoms with Crippen LogP contribution in [-0.2, 0) is 12.6 Å². The van der Waals surface area contributed by atoms with E-state index in [4.69, 9.17) is 4.74 Å². The molecule has 0 amide bonds. The topological polar surface area (TPSA) is 22.1 Å². The number of rotatable bonds is 1. The van der Waals surface area contributed by atoms with Gasteiger partial charge in [-0.05, 0) is 23.8 Å². The monoisotopic (exact) mass is 265 g/mol. The predicted octanol–water partition coefficient (Wildman–Crippen LogP) is 3.70. The number of pyridine rings is 1. The molecule has 0 saturated carbocycles. The van der Waals surface area contributed by atoms with E-state index in [-0.39, 0.29) is 5.69 Å². The second kappa shape index (κ2) is 4.26. The predicted molar refractivity (Wildman–Crippen MR) is 63.9 cm³/mol. The molecule has 0 fully saturated rings. The van der Waals surface area contributed by atoms with E-state index in [1.807, 2.05) is 12.1 Å². The zero-order valence-corrected chi connectivity index (χ0v) is 9.87. The summed E-state index contributed by atoms with van der Waals surface area (Å²) < 4.78 is 43.6. The maximum absolute atomic E-state index is 12.7. The lowest BCUT2D eigenvalue weighted by atomic mass is 10.0. The molecule has 0 unspecified atom stereocenters. The van der Waals surface area contributed by atoms with Crippen LogP contribution in [0.1, 0.15) is 11.1 Å². The van der Waals surface area contributed by atoms with Crippen LogP contribution in [0.25, 0.3) is 11.3 Å². The van der Waals surface area contributed by atoms with Gasteiger partial charge in [-0.3, -0.25) is 4.98 Å². The molecule has 2 nitrogen and oxygen atoms in total. The van der Waals surface area contributed by atoms with Gasteiger partial charge < -0.3 is 4.74 Å². The fraction of sp³-hybridized carbons (Fsp3) is 0.214. The smallest absolute Gasteiger partial charge is 0.416 e. The largest absolute Gasteiger partial charge is 0.492 e. The molecule has 5 heteroatoms. The van der Waals surface area contributed by atoms with E-state index in [0.29, 0.717) is 17.9 Å².